The van der Waals surface area contributed by atoms with E-state index < -0.39 is 5.82 Å². The molecule has 2 atom stereocenters. The molecule has 0 radical (unpaired) electrons. The van der Waals surface area contributed by atoms with E-state index >= 15 is 0 Å². The van der Waals surface area contributed by atoms with Crippen molar-refractivity contribution in [1.82, 2.24) is 9.88 Å². The van der Waals surface area contributed by atoms with Gasteiger partial charge in [-0.15, -0.1) is 0 Å². The van der Waals surface area contributed by atoms with E-state index in [0.717, 1.165) is 38.4 Å². The summed E-state index contributed by atoms with van der Waals surface area (Å²) in [6.07, 6.45) is 6.48. The molecule has 2 aliphatic rings. The van der Waals surface area contributed by atoms with Crippen LogP contribution in [0, 0.1) is 11.7 Å². The van der Waals surface area contributed by atoms with Crippen LogP contribution in [0.4, 0.5) is 4.39 Å². The molecule has 2 saturated heterocycles. The molecule has 2 unspecified atom stereocenters. The molecular formula is C21H23FN2O. The molecule has 4 rings (SSSR count). The molecule has 4 heteroatoms. The van der Waals surface area contributed by atoms with E-state index in [1.54, 1.807) is 0 Å². The highest BCUT2D eigenvalue weighted by atomic mass is 19.1. The van der Waals surface area contributed by atoms with Gasteiger partial charge >= 0.3 is 0 Å². The molecular weight excluding hydrogens is 315 g/mol. The zero-order valence-corrected chi connectivity index (χ0v) is 14.3. The number of nitrogens with zero attached hydrogens (tertiary/aromatic N) is 2. The monoisotopic (exact) mass is 338 g/mol. The highest BCUT2D eigenvalue weighted by Crippen LogP contribution is 2.39. The van der Waals surface area contributed by atoms with Gasteiger partial charge in [0.1, 0.15) is 11.5 Å². The van der Waals surface area contributed by atoms with E-state index in [2.05, 4.69) is 34.1 Å². The largest absolute Gasteiger partial charge is 0.293 e. The minimum atomic E-state index is -0.397. The number of piperidine rings is 2. The fraction of sp³-hybridized carbons (Fsp3) is 0.429. The highest BCUT2D eigenvalue weighted by molar-refractivity contribution is 5.96. The molecule has 2 aromatic rings. The summed E-state index contributed by atoms with van der Waals surface area (Å²) in [6.45, 7) is 0.964. The van der Waals surface area contributed by atoms with Crippen molar-refractivity contribution in [2.24, 2.45) is 5.92 Å². The first-order valence-electron chi connectivity index (χ1n) is 9.16. The average molecular weight is 338 g/mol. The number of ketones is 1. The predicted octanol–water partition coefficient (Wildman–Crippen LogP) is 4.24. The first-order chi connectivity index (χ1) is 12.2. The van der Waals surface area contributed by atoms with Crippen molar-refractivity contribution < 1.29 is 9.18 Å². The minimum absolute atomic E-state index is 0.0142. The molecule has 3 nitrogen and oxygen atoms in total. The van der Waals surface area contributed by atoms with E-state index in [9.17, 15) is 9.18 Å². The van der Waals surface area contributed by atoms with Crippen LogP contribution in [0.25, 0.3) is 0 Å². The Labute approximate surface area is 147 Å². The molecule has 2 aliphatic heterocycles. The minimum Gasteiger partial charge on any atom is -0.293 e. The molecule has 0 N–H and O–H groups in total. The maximum Gasteiger partial charge on any atom is 0.184 e. The SMILES string of the molecule is O=C(c1ccc(F)cn1)C1CC2CCCC(C1)N2Cc1ccccc1. The topological polar surface area (TPSA) is 33.2 Å². The summed E-state index contributed by atoms with van der Waals surface area (Å²) in [5, 5.41) is 0. The number of carbonyl (C=O) groups is 1. The third-order valence-electron chi connectivity index (χ3n) is 5.68. The van der Waals surface area contributed by atoms with Gasteiger partial charge in [0.15, 0.2) is 5.78 Å². The number of fused-ring (bicyclic) bond motifs is 2. The number of halogens is 1. The Morgan fingerprint density at radius 3 is 2.44 bits per heavy atom. The van der Waals surface area contributed by atoms with Crippen LogP contribution in [0.2, 0.25) is 0 Å². The first-order valence-corrected chi connectivity index (χ1v) is 9.16. The Morgan fingerprint density at radius 1 is 1.08 bits per heavy atom. The molecule has 25 heavy (non-hydrogen) atoms. The number of aromatic nitrogens is 1. The number of benzene rings is 1. The van der Waals surface area contributed by atoms with Gasteiger partial charge in [0, 0.05) is 24.5 Å². The fourth-order valence-corrected chi connectivity index (χ4v) is 4.48. The lowest BCUT2D eigenvalue weighted by Gasteiger charge is -2.48. The van der Waals surface area contributed by atoms with Crippen LogP contribution in [0.5, 0.6) is 0 Å². The summed E-state index contributed by atoms with van der Waals surface area (Å²) in [5.41, 5.74) is 1.74. The van der Waals surface area contributed by atoms with Gasteiger partial charge in [-0.2, -0.15) is 0 Å². The Bertz CT molecular complexity index is 717. The van der Waals surface area contributed by atoms with Crippen LogP contribution in [0.15, 0.2) is 48.7 Å². The lowest BCUT2D eigenvalue weighted by Crippen LogP contribution is -2.52. The van der Waals surface area contributed by atoms with Gasteiger partial charge in [-0.05, 0) is 43.4 Å². The summed E-state index contributed by atoms with van der Waals surface area (Å²) in [5.74, 6) is -0.303. The Morgan fingerprint density at radius 2 is 1.80 bits per heavy atom. The zero-order chi connectivity index (χ0) is 17.2. The number of hydrogen-bond donors (Lipinski definition) is 0. The van der Waals surface area contributed by atoms with Gasteiger partial charge in [-0.1, -0.05) is 36.8 Å². The Kier molecular flexibility index (Phi) is 4.62. The second-order valence-corrected chi connectivity index (χ2v) is 7.29. The number of rotatable bonds is 4. The molecule has 0 amide bonds. The number of pyridine rings is 1. The van der Waals surface area contributed by atoms with Crippen molar-refractivity contribution >= 4 is 5.78 Å². The van der Waals surface area contributed by atoms with Crippen LogP contribution in [0.3, 0.4) is 0 Å². The second-order valence-electron chi connectivity index (χ2n) is 7.29. The summed E-state index contributed by atoms with van der Waals surface area (Å²) in [6, 6.07) is 14.3. The molecule has 1 aromatic carbocycles. The fourth-order valence-electron chi connectivity index (χ4n) is 4.48. The van der Waals surface area contributed by atoms with Gasteiger partial charge in [-0.25, -0.2) is 4.39 Å². The van der Waals surface area contributed by atoms with Gasteiger partial charge in [0.05, 0.1) is 6.20 Å². The molecule has 3 heterocycles. The first kappa shape index (κ1) is 16.4. The third-order valence-corrected chi connectivity index (χ3v) is 5.68. The van der Waals surface area contributed by atoms with Crippen molar-refractivity contribution in [3.8, 4) is 0 Å². The summed E-state index contributed by atoms with van der Waals surface area (Å²) < 4.78 is 13.1. The van der Waals surface area contributed by atoms with Crippen LogP contribution < -0.4 is 0 Å². The average Bonchev–Trinajstić information content (AvgIpc) is 2.62. The summed E-state index contributed by atoms with van der Waals surface area (Å²) in [7, 11) is 0. The standard InChI is InChI=1S/C21H23FN2O/c22-17-9-10-20(23-13-17)21(25)16-11-18-7-4-8-19(12-16)24(18)14-15-5-2-1-3-6-15/h1-3,5-6,9-10,13,16,18-19H,4,7-8,11-12,14H2. The molecule has 2 bridgehead atoms. The highest BCUT2D eigenvalue weighted by Gasteiger charge is 2.40. The quantitative estimate of drug-likeness (QED) is 0.782. The van der Waals surface area contributed by atoms with Crippen LogP contribution in [0.1, 0.15) is 48.2 Å². The molecule has 0 aliphatic carbocycles. The second kappa shape index (κ2) is 7.04. The smallest absolute Gasteiger partial charge is 0.184 e. The predicted molar refractivity (Wildman–Crippen MR) is 94.7 cm³/mol. The maximum atomic E-state index is 13.1. The lowest BCUT2D eigenvalue weighted by atomic mass is 9.76. The molecule has 130 valence electrons. The normalized spacial score (nSPS) is 26.4. The van der Waals surface area contributed by atoms with E-state index in [1.165, 1.54) is 24.1 Å². The van der Waals surface area contributed by atoms with Crippen molar-refractivity contribution in [2.45, 2.75) is 50.7 Å². The maximum absolute atomic E-state index is 13.1. The number of Topliss-reactive ketones (excluding diaryl/α,β-unsaturated/α-hetero) is 1. The van der Waals surface area contributed by atoms with Gasteiger partial charge in [0.25, 0.3) is 0 Å². The van der Waals surface area contributed by atoms with E-state index in [1.807, 2.05) is 6.07 Å². The Hall–Kier alpha value is -2.07. The van der Waals surface area contributed by atoms with Crippen LogP contribution in [-0.4, -0.2) is 27.8 Å². The number of carbonyl (C=O) groups excluding carboxylic acids is 1. The van der Waals surface area contributed by atoms with Crippen molar-refractivity contribution in [3.05, 3.63) is 65.7 Å². The van der Waals surface area contributed by atoms with E-state index in [0.29, 0.717) is 17.8 Å². The zero-order valence-electron chi connectivity index (χ0n) is 14.3. The van der Waals surface area contributed by atoms with Crippen LogP contribution >= 0.6 is 0 Å². The third kappa shape index (κ3) is 3.49. The molecule has 1 aromatic heterocycles. The van der Waals surface area contributed by atoms with Crippen molar-refractivity contribution in [1.29, 1.82) is 0 Å². The van der Waals surface area contributed by atoms with Gasteiger partial charge in [0.2, 0.25) is 0 Å². The summed E-state index contributed by atoms with van der Waals surface area (Å²) in [4.78, 5) is 19.4. The Balaban J connectivity index is 1.49. The van der Waals surface area contributed by atoms with Gasteiger partial charge in [-0.3, -0.25) is 14.7 Å². The van der Waals surface area contributed by atoms with Crippen LogP contribution in [-0.2, 0) is 6.54 Å². The van der Waals surface area contributed by atoms with E-state index in [-0.39, 0.29) is 11.7 Å². The molecule has 0 saturated carbocycles. The molecule has 0 spiro atoms. The van der Waals surface area contributed by atoms with Crippen molar-refractivity contribution in [3.63, 3.8) is 0 Å². The van der Waals surface area contributed by atoms with Crippen molar-refractivity contribution in [2.75, 3.05) is 0 Å². The van der Waals surface area contributed by atoms with Gasteiger partial charge < -0.3 is 0 Å². The van der Waals surface area contributed by atoms with E-state index in [4.69, 9.17) is 0 Å². The summed E-state index contributed by atoms with van der Waals surface area (Å²) >= 11 is 0. The molecule has 2 fully saturated rings. The lowest BCUT2D eigenvalue weighted by molar-refractivity contribution is 0.00891. The number of hydrogen-bond acceptors (Lipinski definition) is 3.